The summed E-state index contributed by atoms with van der Waals surface area (Å²) in [6.07, 6.45) is -0.920. The fourth-order valence-corrected chi connectivity index (χ4v) is 4.04. The van der Waals surface area contributed by atoms with E-state index in [2.05, 4.69) is 35.9 Å². The van der Waals surface area contributed by atoms with Gasteiger partial charge in [0.25, 0.3) is 5.91 Å². The summed E-state index contributed by atoms with van der Waals surface area (Å²) in [5, 5.41) is 3.63. The van der Waals surface area contributed by atoms with Crippen molar-refractivity contribution in [3.05, 3.63) is 23.8 Å². The van der Waals surface area contributed by atoms with Gasteiger partial charge in [0.05, 0.1) is 0 Å². The third-order valence-corrected chi connectivity index (χ3v) is 5.31. The molecule has 0 saturated carbocycles. The summed E-state index contributed by atoms with van der Waals surface area (Å²) in [5.41, 5.74) is 0.217. The van der Waals surface area contributed by atoms with Gasteiger partial charge in [0.1, 0.15) is 18.1 Å². The first kappa shape index (κ1) is 22.3. The average molecular weight is 428 g/mol. The Hall–Kier alpha value is -2.36. The van der Waals surface area contributed by atoms with E-state index in [-0.39, 0.29) is 22.8 Å². The molecule has 1 unspecified atom stereocenters. The van der Waals surface area contributed by atoms with Gasteiger partial charge in [-0.05, 0) is 24.2 Å². The minimum atomic E-state index is -4.49. The zero-order valence-corrected chi connectivity index (χ0v) is 17.5. The molecule has 3 rings (SSSR count). The molecule has 10 heteroatoms. The lowest BCUT2D eigenvalue weighted by atomic mass is 9.70. The Balaban J connectivity index is 1.79. The van der Waals surface area contributed by atoms with E-state index in [1.807, 2.05) is 0 Å². The predicted octanol–water partition coefficient (Wildman–Crippen LogP) is 4.26. The molecule has 1 N–H and O–H groups in total. The van der Waals surface area contributed by atoms with E-state index in [0.29, 0.717) is 16.5 Å². The molecule has 3 heterocycles. The first-order valence-electron chi connectivity index (χ1n) is 9.88. The quantitative estimate of drug-likeness (QED) is 0.770. The summed E-state index contributed by atoms with van der Waals surface area (Å²) in [4.78, 5) is 20.6. The number of hydrogen-bond donors (Lipinski definition) is 1. The van der Waals surface area contributed by atoms with E-state index < -0.39 is 18.6 Å². The van der Waals surface area contributed by atoms with Crippen molar-refractivity contribution in [2.24, 2.45) is 11.3 Å². The Bertz CT molecular complexity index is 863. The minimum Gasteiger partial charge on any atom is -0.381 e. The normalized spacial score (nSPS) is 17.2. The molecule has 1 atom stereocenters. The summed E-state index contributed by atoms with van der Waals surface area (Å²) in [6.45, 7) is 6.58. The number of H-pyrrole nitrogens is 1. The Morgan fingerprint density at radius 3 is 2.57 bits per heavy atom. The van der Waals surface area contributed by atoms with Crippen molar-refractivity contribution >= 4 is 5.91 Å². The Kier molecular flexibility index (Phi) is 6.26. The second kappa shape index (κ2) is 8.41. The lowest BCUT2D eigenvalue weighted by Gasteiger charge is -2.37. The topological polar surface area (TPSA) is 84.2 Å². The van der Waals surface area contributed by atoms with Gasteiger partial charge in [0, 0.05) is 38.4 Å². The van der Waals surface area contributed by atoms with Crippen molar-refractivity contribution in [2.45, 2.75) is 45.7 Å². The van der Waals surface area contributed by atoms with Gasteiger partial charge in [0.2, 0.25) is 0 Å². The maximum atomic E-state index is 12.5. The van der Waals surface area contributed by atoms with Crippen LogP contribution in [-0.4, -0.2) is 58.9 Å². The first-order chi connectivity index (χ1) is 14.0. The number of amides is 1. The van der Waals surface area contributed by atoms with E-state index in [0.717, 1.165) is 38.9 Å². The SMILES string of the molecule is CN(CC(F)(F)F)C(=O)c1cc(-c2c[nH]c(C(C3CCOCC3)C(C)(C)C)n2)on1. The number of aromatic amines is 1. The molecular formula is C20H27F3N4O3. The zero-order chi connectivity index (χ0) is 22.1. The van der Waals surface area contributed by atoms with Gasteiger partial charge in [-0.3, -0.25) is 4.79 Å². The van der Waals surface area contributed by atoms with Crippen LogP contribution in [0.2, 0.25) is 0 Å². The molecule has 0 spiro atoms. The number of aromatic nitrogens is 3. The number of ether oxygens (including phenoxy) is 1. The number of alkyl halides is 3. The van der Waals surface area contributed by atoms with Crippen LogP contribution < -0.4 is 0 Å². The standard InChI is InChI=1S/C20H27F3N4O3/c1-19(2,3)16(12-5-7-29-8-6-12)17-24-10-14(25-17)15-9-13(26-30-15)18(28)27(4)11-20(21,22)23/h9-10,12,16H,5-8,11H2,1-4H3,(H,24,25). The van der Waals surface area contributed by atoms with E-state index in [9.17, 15) is 18.0 Å². The third kappa shape index (κ3) is 5.21. The minimum absolute atomic E-state index is 0.0417. The molecule has 0 bridgehead atoms. The summed E-state index contributed by atoms with van der Waals surface area (Å²) < 4.78 is 48.2. The van der Waals surface area contributed by atoms with Gasteiger partial charge >= 0.3 is 6.18 Å². The fraction of sp³-hybridized carbons (Fsp3) is 0.650. The fourth-order valence-electron chi connectivity index (χ4n) is 4.04. The largest absolute Gasteiger partial charge is 0.406 e. The van der Waals surface area contributed by atoms with Crippen molar-refractivity contribution < 1.29 is 27.2 Å². The molecule has 1 fully saturated rings. The molecule has 0 aromatic carbocycles. The van der Waals surface area contributed by atoms with Crippen LogP contribution in [0.25, 0.3) is 11.5 Å². The molecule has 30 heavy (non-hydrogen) atoms. The number of halogens is 3. The highest BCUT2D eigenvalue weighted by Crippen LogP contribution is 2.43. The van der Waals surface area contributed by atoms with Crippen molar-refractivity contribution in [1.82, 2.24) is 20.0 Å². The second-order valence-corrected chi connectivity index (χ2v) is 8.82. The van der Waals surface area contributed by atoms with E-state index in [1.165, 1.54) is 6.07 Å². The van der Waals surface area contributed by atoms with E-state index in [4.69, 9.17) is 9.26 Å². The molecule has 2 aromatic heterocycles. The van der Waals surface area contributed by atoms with Crippen LogP contribution in [0.3, 0.4) is 0 Å². The van der Waals surface area contributed by atoms with Gasteiger partial charge in [0.15, 0.2) is 11.5 Å². The Labute approximate surface area is 173 Å². The van der Waals surface area contributed by atoms with Gasteiger partial charge < -0.3 is 19.1 Å². The number of rotatable bonds is 5. The van der Waals surface area contributed by atoms with E-state index in [1.54, 1.807) is 6.20 Å². The number of hydrogen-bond acceptors (Lipinski definition) is 5. The number of nitrogens with zero attached hydrogens (tertiary/aromatic N) is 3. The number of carbonyl (C=O) groups is 1. The highest BCUT2D eigenvalue weighted by Gasteiger charge is 2.37. The molecule has 0 aliphatic carbocycles. The summed E-state index contributed by atoms with van der Waals surface area (Å²) >= 11 is 0. The van der Waals surface area contributed by atoms with Crippen LogP contribution >= 0.6 is 0 Å². The molecule has 166 valence electrons. The first-order valence-corrected chi connectivity index (χ1v) is 9.88. The zero-order valence-electron chi connectivity index (χ0n) is 17.5. The Morgan fingerprint density at radius 2 is 1.97 bits per heavy atom. The van der Waals surface area contributed by atoms with Crippen LogP contribution in [0, 0.1) is 11.3 Å². The molecule has 2 aromatic rings. The van der Waals surface area contributed by atoms with Gasteiger partial charge in [-0.1, -0.05) is 25.9 Å². The summed E-state index contributed by atoms with van der Waals surface area (Å²) in [7, 11) is 1.07. The highest BCUT2D eigenvalue weighted by molar-refractivity contribution is 5.92. The van der Waals surface area contributed by atoms with Crippen LogP contribution in [0.5, 0.6) is 0 Å². The van der Waals surface area contributed by atoms with Crippen LogP contribution in [0.4, 0.5) is 13.2 Å². The van der Waals surface area contributed by atoms with Gasteiger partial charge in [-0.15, -0.1) is 0 Å². The predicted molar refractivity (Wildman–Crippen MR) is 103 cm³/mol. The summed E-state index contributed by atoms with van der Waals surface area (Å²) in [6, 6.07) is 1.32. The van der Waals surface area contributed by atoms with Crippen molar-refractivity contribution in [3.63, 3.8) is 0 Å². The average Bonchev–Trinajstić information content (AvgIpc) is 3.29. The van der Waals surface area contributed by atoms with Crippen molar-refractivity contribution in [2.75, 3.05) is 26.8 Å². The maximum Gasteiger partial charge on any atom is 0.406 e. The lowest BCUT2D eigenvalue weighted by molar-refractivity contribution is -0.138. The molecule has 1 aliphatic rings. The number of imidazole rings is 1. The number of nitrogens with one attached hydrogen (secondary N) is 1. The number of carbonyl (C=O) groups excluding carboxylic acids is 1. The molecule has 7 nitrogen and oxygen atoms in total. The Morgan fingerprint density at radius 1 is 1.30 bits per heavy atom. The van der Waals surface area contributed by atoms with Crippen LogP contribution in [-0.2, 0) is 4.74 Å². The molecule has 1 aliphatic heterocycles. The third-order valence-electron chi connectivity index (χ3n) is 5.31. The lowest BCUT2D eigenvalue weighted by Crippen LogP contribution is -2.35. The highest BCUT2D eigenvalue weighted by atomic mass is 19.4. The van der Waals surface area contributed by atoms with Gasteiger partial charge in [-0.25, -0.2) is 4.98 Å². The van der Waals surface area contributed by atoms with E-state index >= 15 is 0 Å². The molecule has 1 amide bonds. The maximum absolute atomic E-state index is 12.5. The summed E-state index contributed by atoms with van der Waals surface area (Å²) in [5.74, 6) is 0.745. The van der Waals surface area contributed by atoms with Gasteiger partial charge in [-0.2, -0.15) is 13.2 Å². The molecule has 0 radical (unpaired) electrons. The smallest absolute Gasteiger partial charge is 0.381 e. The second-order valence-electron chi connectivity index (χ2n) is 8.82. The monoisotopic (exact) mass is 428 g/mol. The van der Waals surface area contributed by atoms with Crippen LogP contribution in [0.15, 0.2) is 16.8 Å². The van der Waals surface area contributed by atoms with Crippen LogP contribution in [0.1, 0.15) is 55.8 Å². The van der Waals surface area contributed by atoms with Crippen molar-refractivity contribution in [3.8, 4) is 11.5 Å². The van der Waals surface area contributed by atoms with Crippen molar-refractivity contribution in [1.29, 1.82) is 0 Å². The molecule has 1 saturated heterocycles. The molecular weight excluding hydrogens is 401 g/mol.